The fraction of sp³-hybridized carbons (Fsp3) is 0.333. The minimum Gasteiger partial charge on any atom is -0.495 e. The number of hydrogen-bond donors (Lipinski definition) is 2. The van der Waals surface area contributed by atoms with Crippen LogP contribution in [0.2, 0.25) is 0 Å². The smallest absolute Gasteiger partial charge is 0.271 e. The first-order chi connectivity index (χ1) is 10.5. The summed E-state index contributed by atoms with van der Waals surface area (Å²) in [5, 5.41) is 10.7. The summed E-state index contributed by atoms with van der Waals surface area (Å²) in [6.07, 6.45) is 1.75. The first-order valence-corrected chi connectivity index (χ1v) is 7.00. The fourth-order valence-electron chi connectivity index (χ4n) is 2.06. The van der Waals surface area contributed by atoms with Crippen molar-refractivity contribution in [1.82, 2.24) is 15.2 Å². The highest BCUT2D eigenvalue weighted by Gasteiger charge is 2.13. The Morgan fingerprint density at radius 3 is 2.77 bits per heavy atom. The molecule has 0 atom stereocenters. The Morgan fingerprint density at radius 1 is 1.36 bits per heavy atom. The maximum Gasteiger partial charge on any atom is 0.271 e. The monoisotopic (exact) mass is 301 g/mol. The highest BCUT2D eigenvalue weighted by molar-refractivity contribution is 5.96. The number of hydrogen-bond acceptors (Lipinski definition) is 6. The molecule has 0 spiro atoms. The van der Waals surface area contributed by atoms with Crippen LogP contribution in [0.1, 0.15) is 35.2 Å². The number of carbonyl (C=O) groups is 1. The molecule has 7 nitrogen and oxygen atoms in total. The van der Waals surface area contributed by atoms with Crippen LogP contribution in [0.15, 0.2) is 18.2 Å². The van der Waals surface area contributed by atoms with Gasteiger partial charge in [-0.2, -0.15) is 5.10 Å². The Hall–Kier alpha value is -2.70. The van der Waals surface area contributed by atoms with Crippen LogP contribution in [0.25, 0.3) is 0 Å². The number of nitrogens with one attached hydrogen (secondary N) is 1. The summed E-state index contributed by atoms with van der Waals surface area (Å²) in [5.41, 5.74) is 7.42. The fourth-order valence-corrected chi connectivity index (χ4v) is 2.06. The maximum atomic E-state index is 11.4. The van der Waals surface area contributed by atoms with E-state index >= 15 is 0 Å². The summed E-state index contributed by atoms with van der Waals surface area (Å²) < 4.78 is 5.30. The number of nitrogens with two attached hydrogens (primary N) is 1. The molecule has 0 fully saturated rings. The van der Waals surface area contributed by atoms with Crippen LogP contribution in [0.3, 0.4) is 0 Å². The SMILES string of the molecule is CCCc1nc(Nc2cc(C)nnc2C(N)=O)ccc1OC. The van der Waals surface area contributed by atoms with Crippen LogP contribution in [0.4, 0.5) is 11.5 Å². The molecule has 2 aromatic heterocycles. The molecular formula is C15H19N5O2. The Labute approximate surface area is 128 Å². The van der Waals surface area contributed by atoms with E-state index in [0.29, 0.717) is 17.2 Å². The van der Waals surface area contributed by atoms with Gasteiger partial charge < -0.3 is 15.8 Å². The summed E-state index contributed by atoms with van der Waals surface area (Å²) in [5.74, 6) is 0.697. The van der Waals surface area contributed by atoms with Crippen molar-refractivity contribution in [2.45, 2.75) is 26.7 Å². The van der Waals surface area contributed by atoms with Crippen molar-refractivity contribution in [3.63, 3.8) is 0 Å². The van der Waals surface area contributed by atoms with Gasteiger partial charge in [-0.25, -0.2) is 4.98 Å². The van der Waals surface area contributed by atoms with Gasteiger partial charge >= 0.3 is 0 Å². The summed E-state index contributed by atoms with van der Waals surface area (Å²) >= 11 is 0. The van der Waals surface area contributed by atoms with Crippen LogP contribution in [0, 0.1) is 6.92 Å². The number of aryl methyl sites for hydroxylation is 2. The third-order valence-electron chi connectivity index (χ3n) is 3.05. The number of nitrogens with zero attached hydrogens (tertiary/aromatic N) is 3. The number of aromatic nitrogens is 3. The molecule has 0 saturated heterocycles. The summed E-state index contributed by atoms with van der Waals surface area (Å²) in [7, 11) is 1.62. The number of pyridine rings is 1. The predicted molar refractivity (Wildman–Crippen MR) is 83.4 cm³/mol. The number of primary amides is 1. The zero-order valence-electron chi connectivity index (χ0n) is 12.9. The lowest BCUT2D eigenvalue weighted by Crippen LogP contribution is -2.17. The number of methoxy groups -OCH3 is 1. The molecule has 0 aliphatic rings. The molecule has 7 heteroatoms. The van der Waals surface area contributed by atoms with E-state index in [2.05, 4.69) is 27.4 Å². The lowest BCUT2D eigenvalue weighted by Gasteiger charge is -2.12. The quantitative estimate of drug-likeness (QED) is 0.845. The van der Waals surface area contributed by atoms with Crippen molar-refractivity contribution in [1.29, 1.82) is 0 Å². The van der Waals surface area contributed by atoms with Crippen LogP contribution in [-0.4, -0.2) is 28.2 Å². The van der Waals surface area contributed by atoms with Gasteiger partial charge in [-0.05, 0) is 31.5 Å². The van der Waals surface area contributed by atoms with E-state index in [1.165, 1.54) is 0 Å². The van der Waals surface area contributed by atoms with E-state index in [0.717, 1.165) is 24.3 Å². The van der Waals surface area contributed by atoms with Gasteiger partial charge in [0.1, 0.15) is 11.6 Å². The largest absolute Gasteiger partial charge is 0.495 e. The van der Waals surface area contributed by atoms with E-state index in [1.807, 2.05) is 6.07 Å². The standard InChI is InChI=1S/C15H19N5O2/c1-4-5-10-12(22-3)6-7-13(17-10)18-11-8-9(2)19-20-14(11)15(16)21/h6-8H,4-5H2,1-3H3,(H2,16,21)(H,17,18,19). The van der Waals surface area contributed by atoms with E-state index < -0.39 is 5.91 Å². The van der Waals surface area contributed by atoms with E-state index in [1.54, 1.807) is 26.2 Å². The molecule has 22 heavy (non-hydrogen) atoms. The molecule has 0 bridgehead atoms. The first-order valence-electron chi connectivity index (χ1n) is 7.00. The van der Waals surface area contributed by atoms with Crippen LogP contribution >= 0.6 is 0 Å². The lowest BCUT2D eigenvalue weighted by atomic mass is 10.2. The Kier molecular flexibility index (Phi) is 4.88. The van der Waals surface area contributed by atoms with E-state index in [4.69, 9.17) is 10.5 Å². The highest BCUT2D eigenvalue weighted by Crippen LogP contribution is 2.23. The molecule has 2 rings (SSSR count). The van der Waals surface area contributed by atoms with Crippen LogP contribution < -0.4 is 15.8 Å². The normalized spacial score (nSPS) is 10.3. The number of carbonyl (C=O) groups excluding carboxylic acids is 1. The van der Waals surface area contributed by atoms with Gasteiger partial charge in [0.15, 0.2) is 5.69 Å². The van der Waals surface area contributed by atoms with Gasteiger partial charge in [0.2, 0.25) is 0 Å². The van der Waals surface area contributed by atoms with Crippen LogP contribution in [0.5, 0.6) is 5.75 Å². The second-order valence-corrected chi connectivity index (χ2v) is 4.83. The van der Waals surface area contributed by atoms with Gasteiger partial charge in [-0.15, -0.1) is 5.10 Å². The van der Waals surface area contributed by atoms with Crippen LogP contribution in [-0.2, 0) is 6.42 Å². The highest BCUT2D eigenvalue weighted by atomic mass is 16.5. The second-order valence-electron chi connectivity index (χ2n) is 4.83. The van der Waals surface area contributed by atoms with Gasteiger partial charge in [-0.3, -0.25) is 4.79 Å². The molecular weight excluding hydrogens is 282 g/mol. The minimum absolute atomic E-state index is 0.0836. The zero-order chi connectivity index (χ0) is 16.1. The second kappa shape index (κ2) is 6.84. The molecule has 0 saturated carbocycles. The zero-order valence-corrected chi connectivity index (χ0v) is 12.9. The maximum absolute atomic E-state index is 11.4. The molecule has 0 aliphatic heterocycles. The van der Waals surface area contributed by atoms with Gasteiger partial charge in [0.05, 0.1) is 24.2 Å². The molecule has 116 valence electrons. The lowest BCUT2D eigenvalue weighted by molar-refractivity contribution is 0.0995. The van der Waals surface area contributed by atoms with Gasteiger partial charge in [0, 0.05) is 0 Å². The van der Waals surface area contributed by atoms with Crippen molar-refractivity contribution in [3.05, 3.63) is 35.3 Å². The molecule has 0 aliphatic carbocycles. The van der Waals surface area contributed by atoms with Gasteiger partial charge in [0.25, 0.3) is 5.91 Å². The summed E-state index contributed by atoms with van der Waals surface area (Å²) in [4.78, 5) is 16.0. The van der Waals surface area contributed by atoms with Crippen molar-refractivity contribution in [2.75, 3.05) is 12.4 Å². The predicted octanol–water partition coefficient (Wildman–Crippen LogP) is 1.98. The summed E-state index contributed by atoms with van der Waals surface area (Å²) in [6.45, 7) is 3.86. The third-order valence-corrected chi connectivity index (χ3v) is 3.05. The van der Waals surface area contributed by atoms with E-state index in [9.17, 15) is 4.79 Å². The molecule has 3 N–H and O–H groups in total. The van der Waals surface area contributed by atoms with E-state index in [-0.39, 0.29) is 5.69 Å². The molecule has 0 aromatic carbocycles. The average molecular weight is 301 g/mol. The van der Waals surface area contributed by atoms with Crippen molar-refractivity contribution >= 4 is 17.4 Å². The number of ether oxygens (including phenoxy) is 1. The van der Waals surface area contributed by atoms with Crippen molar-refractivity contribution in [2.24, 2.45) is 5.73 Å². The molecule has 2 heterocycles. The average Bonchev–Trinajstić information content (AvgIpc) is 2.47. The first kappa shape index (κ1) is 15.7. The van der Waals surface area contributed by atoms with Crippen molar-refractivity contribution < 1.29 is 9.53 Å². The Balaban J connectivity index is 2.36. The number of anilines is 2. The minimum atomic E-state index is -0.641. The molecule has 2 aromatic rings. The number of rotatable bonds is 6. The molecule has 0 radical (unpaired) electrons. The molecule has 1 amide bonds. The number of amides is 1. The third kappa shape index (κ3) is 3.49. The van der Waals surface area contributed by atoms with Crippen molar-refractivity contribution in [3.8, 4) is 5.75 Å². The summed E-state index contributed by atoms with van der Waals surface area (Å²) in [6, 6.07) is 5.32. The molecule has 0 unspecified atom stereocenters. The van der Waals surface area contributed by atoms with Gasteiger partial charge in [-0.1, -0.05) is 13.3 Å². The topological polar surface area (TPSA) is 103 Å². The Bertz CT molecular complexity index is 688. The Morgan fingerprint density at radius 2 is 2.14 bits per heavy atom.